The number of ketones is 1. The molecule has 1 heterocycles. The van der Waals surface area contributed by atoms with Crippen molar-refractivity contribution >= 4 is 11.7 Å². The van der Waals surface area contributed by atoms with Crippen LogP contribution in [-0.2, 0) is 11.3 Å². The first kappa shape index (κ1) is 18.8. The van der Waals surface area contributed by atoms with Crippen LogP contribution >= 0.6 is 0 Å². The number of nitrogens with one attached hydrogen (secondary N) is 1. The van der Waals surface area contributed by atoms with Crippen LogP contribution in [0.25, 0.3) is 0 Å². The Morgan fingerprint density at radius 1 is 1.04 bits per heavy atom. The largest absolute Gasteiger partial charge is 0.494 e. The van der Waals surface area contributed by atoms with Crippen molar-refractivity contribution in [1.29, 1.82) is 0 Å². The second-order valence-electron chi connectivity index (χ2n) is 6.26. The second-order valence-corrected chi connectivity index (χ2v) is 6.26. The van der Waals surface area contributed by atoms with Gasteiger partial charge >= 0.3 is 0 Å². The Kier molecular flexibility index (Phi) is 6.30. The highest BCUT2D eigenvalue weighted by atomic mass is 16.7. The molecule has 3 rings (SSSR count). The number of carbonyl (C=O) groups excluding carboxylic acids is 2. The zero-order valence-corrected chi connectivity index (χ0v) is 15.3. The number of ether oxygens (including phenoxy) is 3. The topological polar surface area (TPSA) is 73.9 Å². The van der Waals surface area contributed by atoms with Gasteiger partial charge in [-0.1, -0.05) is 13.0 Å². The predicted molar refractivity (Wildman–Crippen MR) is 100 cm³/mol. The summed E-state index contributed by atoms with van der Waals surface area (Å²) in [6, 6.07) is 12.6. The molecule has 6 heteroatoms. The monoisotopic (exact) mass is 369 g/mol. The number of fused-ring (bicyclic) bond motifs is 1. The van der Waals surface area contributed by atoms with Gasteiger partial charge in [0.1, 0.15) is 5.75 Å². The SMILES string of the molecule is CCCOc1ccc(C(=O)CCC(=O)NCc2ccc3c(c2)OCO3)cc1. The van der Waals surface area contributed by atoms with Crippen LogP contribution in [-0.4, -0.2) is 25.1 Å². The van der Waals surface area contributed by atoms with E-state index in [1.54, 1.807) is 24.3 Å². The molecule has 2 aromatic carbocycles. The third-order valence-electron chi connectivity index (χ3n) is 4.15. The summed E-state index contributed by atoms with van der Waals surface area (Å²) in [5.74, 6) is 1.92. The summed E-state index contributed by atoms with van der Waals surface area (Å²) in [5.41, 5.74) is 1.50. The first-order chi connectivity index (χ1) is 13.2. The van der Waals surface area contributed by atoms with Crippen LogP contribution in [0.4, 0.5) is 0 Å². The molecular formula is C21H23NO5. The summed E-state index contributed by atoms with van der Waals surface area (Å²) in [6.45, 7) is 3.29. The maximum absolute atomic E-state index is 12.2. The Bertz CT molecular complexity index is 801. The zero-order valence-electron chi connectivity index (χ0n) is 15.3. The minimum absolute atomic E-state index is 0.0599. The lowest BCUT2D eigenvalue weighted by Gasteiger charge is -2.07. The fourth-order valence-electron chi connectivity index (χ4n) is 2.67. The van der Waals surface area contributed by atoms with Crippen LogP contribution in [0.15, 0.2) is 42.5 Å². The van der Waals surface area contributed by atoms with Gasteiger partial charge in [0.2, 0.25) is 12.7 Å². The lowest BCUT2D eigenvalue weighted by molar-refractivity contribution is -0.121. The molecule has 1 N–H and O–H groups in total. The maximum Gasteiger partial charge on any atom is 0.231 e. The normalized spacial score (nSPS) is 11.9. The minimum atomic E-state index is -0.163. The minimum Gasteiger partial charge on any atom is -0.494 e. The third kappa shape index (κ3) is 5.23. The summed E-state index contributed by atoms with van der Waals surface area (Å²) in [7, 11) is 0. The van der Waals surface area contributed by atoms with E-state index in [9.17, 15) is 9.59 Å². The molecule has 0 radical (unpaired) electrons. The molecule has 0 aromatic heterocycles. The van der Waals surface area contributed by atoms with Gasteiger partial charge in [-0.25, -0.2) is 0 Å². The van der Waals surface area contributed by atoms with Crippen molar-refractivity contribution in [2.75, 3.05) is 13.4 Å². The van der Waals surface area contributed by atoms with E-state index in [2.05, 4.69) is 5.32 Å². The zero-order chi connectivity index (χ0) is 19.1. The van der Waals surface area contributed by atoms with Crippen molar-refractivity contribution in [2.45, 2.75) is 32.7 Å². The molecule has 0 bridgehead atoms. The van der Waals surface area contributed by atoms with E-state index in [1.165, 1.54) is 0 Å². The quantitative estimate of drug-likeness (QED) is 0.685. The highest BCUT2D eigenvalue weighted by molar-refractivity contribution is 5.98. The summed E-state index contributed by atoms with van der Waals surface area (Å²) < 4.78 is 16.1. The van der Waals surface area contributed by atoms with Gasteiger partial charge in [-0.05, 0) is 48.4 Å². The van der Waals surface area contributed by atoms with E-state index in [-0.39, 0.29) is 31.3 Å². The van der Waals surface area contributed by atoms with Gasteiger partial charge in [0.25, 0.3) is 0 Å². The Hall–Kier alpha value is -3.02. The van der Waals surface area contributed by atoms with Gasteiger partial charge in [-0.3, -0.25) is 9.59 Å². The van der Waals surface area contributed by atoms with Crippen LogP contribution in [0.5, 0.6) is 17.2 Å². The van der Waals surface area contributed by atoms with Gasteiger partial charge in [0.15, 0.2) is 17.3 Å². The molecule has 142 valence electrons. The third-order valence-corrected chi connectivity index (χ3v) is 4.15. The van der Waals surface area contributed by atoms with Gasteiger partial charge in [0, 0.05) is 24.9 Å². The number of benzene rings is 2. The summed E-state index contributed by atoms with van der Waals surface area (Å²) >= 11 is 0. The van der Waals surface area contributed by atoms with Crippen molar-refractivity contribution in [3.63, 3.8) is 0 Å². The van der Waals surface area contributed by atoms with Crippen molar-refractivity contribution < 1.29 is 23.8 Å². The molecular weight excluding hydrogens is 346 g/mol. The average Bonchev–Trinajstić information content (AvgIpc) is 3.17. The number of Topliss-reactive ketones (excluding diaryl/α,β-unsaturated/α-hetero) is 1. The van der Waals surface area contributed by atoms with Crippen LogP contribution in [0, 0.1) is 0 Å². The lowest BCUT2D eigenvalue weighted by Crippen LogP contribution is -2.23. The number of hydrogen-bond acceptors (Lipinski definition) is 5. The van der Waals surface area contributed by atoms with E-state index in [0.29, 0.717) is 30.2 Å². The molecule has 0 spiro atoms. The van der Waals surface area contributed by atoms with Crippen LogP contribution in [0.3, 0.4) is 0 Å². The molecule has 6 nitrogen and oxygen atoms in total. The highest BCUT2D eigenvalue weighted by Gasteiger charge is 2.14. The molecule has 0 saturated heterocycles. The number of rotatable bonds is 9. The first-order valence-corrected chi connectivity index (χ1v) is 9.07. The van der Waals surface area contributed by atoms with E-state index >= 15 is 0 Å². The summed E-state index contributed by atoms with van der Waals surface area (Å²) in [4.78, 5) is 24.2. The van der Waals surface area contributed by atoms with E-state index in [4.69, 9.17) is 14.2 Å². The number of amides is 1. The number of hydrogen-bond donors (Lipinski definition) is 1. The molecule has 0 atom stereocenters. The molecule has 1 aliphatic heterocycles. The van der Waals surface area contributed by atoms with E-state index in [1.807, 2.05) is 25.1 Å². The molecule has 0 unspecified atom stereocenters. The molecule has 0 aliphatic carbocycles. The van der Waals surface area contributed by atoms with Crippen molar-refractivity contribution in [3.05, 3.63) is 53.6 Å². The molecule has 27 heavy (non-hydrogen) atoms. The van der Waals surface area contributed by atoms with Crippen LogP contribution in [0.2, 0.25) is 0 Å². The summed E-state index contributed by atoms with van der Waals surface area (Å²) in [6.07, 6.45) is 1.25. The predicted octanol–water partition coefficient (Wildman–Crippen LogP) is 3.48. The molecule has 0 fully saturated rings. The lowest BCUT2D eigenvalue weighted by atomic mass is 10.1. The van der Waals surface area contributed by atoms with Crippen molar-refractivity contribution in [1.82, 2.24) is 5.32 Å². The van der Waals surface area contributed by atoms with Crippen molar-refractivity contribution in [2.24, 2.45) is 0 Å². The molecule has 1 amide bonds. The second kappa shape index (κ2) is 9.07. The highest BCUT2D eigenvalue weighted by Crippen LogP contribution is 2.32. The van der Waals surface area contributed by atoms with Gasteiger partial charge in [-0.15, -0.1) is 0 Å². The van der Waals surface area contributed by atoms with Gasteiger partial charge in [-0.2, -0.15) is 0 Å². The molecule has 1 aliphatic rings. The summed E-state index contributed by atoms with van der Waals surface area (Å²) in [5, 5.41) is 2.82. The van der Waals surface area contributed by atoms with Crippen LogP contribution < -0.4 is 19.5 Å². The van der Waals surface area contributed by atoms with Gasteiger partial charge < -0.3 is 19.5 Å². The maximum atomic E-state index is 12.2. The molecule has 2 aromatic rings. The first-order valence-electron chi connectivity index (χ1n) is 9.07. The fraction of sp³-hybridized carbons (Fsp3) is 0.333. The van der Waals surface area contributed by atoms with Crippen LogP contribution in [0.1, 0.15) is 42.1 Å². The number of carbonyl (C=O) groups is 2. The van der Waals surface area contributed by atoms with E-state index in [0.717, 1.165) is 17.7 Å². The Morgan fingerprint density at radius 2 is 1.81 bits per heavy atom. The van der Waals surface area contributed by atoms with Gasteiger partial charge in [0.05, 0.1) is 6.61 Å². The van der Waals surface area contributed by atoms with E-state index < -0.39 is 0 Å². The smallest absolute Gasteiger partial charge is 0.231 e. The Labute approximate surface area is 158 Å². The van der Waals surface area contributed by atoms with Crippen molar-refractivity contribution in [3.8, 4) is 17.2 Å². The standard InChI is InChI=1S/C21H23NO5/c1-2-11-25-17-6-4-16(5-7-17)18(23)8-10-21(24)22-13-15-3-9-19-20(12-15)27-14-26-19/h3-7,9,12H,2,8,10-11,13-14H2,1H3,(H,22,24). The molecule has 0 saturated carbocycles. The Morgan fingerprint density at radius 3 is 2.59 bits per heavy atom. The average molecular weight is 369 g/mol. The Balaban J connectivity index is 1.42. The fourth-order valence-corrected chi connectivity index (χ4v) is 2.67.